The van der Waals surface area contributed by atoms with Crippen molar-refractivity contribution in [2.45, 2.75) is 20.4 Å². The van der Waals surface area contributed by atoms with Crippen LogP contribution in [0.4, 0.5) is 4.39 Å². The van der Waals surface area contributed by atoms with Gasteiger partial charge in [-0.05, 0) is 23.6 Å². The van der Waals surface area contributed by atoms with Gasteiger partial charge in [0.15, 0.2) is 5.76 Å². The van der Waals surface area contributed by atoms with Gasteiger partial charge in [-0.2, -0.15) is 0 Å². The van der Waals surface area contributed by atoms with Gasteiger partial charge in [0.1, 0.15) is 5.82 Å². The lowest BCUT2D eigenvalue weighted by Crippen LogP contribution is -2.34. The monoisotopic (exact) mass is 336 g/mol. The summed E-state index contributed by atoms with van der Waals surface area (Å²) in [4.78, 5) is 31.1. The molecule has 1 aromatic carbocycles. The zero-order valence-electron chi connectivity index (χ0n) is 14.0. The summed E-state index contributed by atoms with van der Waals surface area (Å²) in [6.45, 7) is 4.27. The van der Waals surface area contributed by atoms with Crippen molar-refractivity contribution in [2.75, 3.05) is 20.2 Å². The quantitative estimate of drug-likeness (QED) is 0.807. The lowest BCUT2D eigenvalue weighted by molar-refractivity contribution is -0.190. The van der Waals surface area contributed by atoms with Crippen LogP contribution in [0.25, 0.3) is 0 Å². The molecule has 7 heteroatoms. The molecule has 0 aromatic heterocycles. The topological polar surface area (TPSA) is 70.1 Å². The number of nitrogens with zero attached hydrogens (tertiary/aromatic N) is 2. The second kappa shape index (κ2) is 7.44. The summed E-state index contributed by atoms with van der Waals surface area (Å²) in [5.74, 6) is -1.91. The maximum absolute atomic E-state index is 13.0. The Kier molecular flexibility index (Phi) is 5.56. The van der Waals surface area contributed by atoms with Gasteiger partial charge in [0.2, 0.25) is 0 Å². The van der Waals surface area contributed by atoms with Gasteiger partial charge in [-0.15, -0.1) is 0 Å². The molecule has 1 N–H and O–H groups in total. The zero-order valence-corrected chi connectivity index (χ0v) is 14.0. The number of hydrogen-bond donors (Lipinski definition) is 1. The molecule has 0 atom stereocenters. The fraction of sp³-hybridized carbons (Fsp3) is 0.412. The number of benzene rings is 1. The van der Waals surface area contributed by atoms with E-state index in [0.717, 1.165) is 5.06 Å². The second-order valence-corrected chi connectivity index (χ2v) is 6.15. The van der Waals surface area contributed by atoms with Crippen LogP contribution in [0.15, 0.2) is 35.6 Å². The molecule has 1 heterocycles. The summed E-state index contributed by atoms with van der Waals surface area (Å²) in [5, 5.41) is 11.0. The van der Waals surface area contributed by atoms with E-state index in [4.69, 9.17) is 4.84 Å². The lowest BCUT2D eigenvalue weighted by Gasteiger charge is -2.23. The Morgan fingerprint density at radius 2 is 2.00 bits per heavy atom. The Morgan fingerprint density at radius 1 is 1.38 bits per heavy atom. The molecule has 0 saturated heterocycles. The van der Waals surface area contributed by atoms with E-state index in [1.165, 1.54) is 24.1 Å². The third-order valence-corrected chi connectivity index (χ3v) is 3.52. The third kappa shape index (κ3) is 4.11. The van der Waals surface area contributed by atoms with Crippen molar-refractivity contribution in [2.24, 2.45) is 5.92 Å². The van der Waals surface area contributed by atoms with Crippen LogP contribution in [-0.4, -0.2) is 47.1 Å². The number of likely N-dealkylation sites (N-methyl/N-ethyl adjacent to an activating group) is 1. The van der Waals surface area contributed by atoms with Gasteiger partial charge in [-0.3, -0.25) is 14.4 Å². The molecule has 24 heavy (non-hydrogen) atoms. The highest BCUT2D eigenvalue weighted by Crippen LogP contribution is 2.20. The highest BCUT2D eigenvalue weighted by Gasteiger charge is 2.34. The summed E-state index contributed by atoms with van der Waals surface area (Å²) in [7, 11) is 1.50. The largest absolute Gasteiger partial charge is 0.503 e. The standard InChI is InChI=1S/C17H21FN2O4/c1-11(2)10-24-20(8-12-4-6-13(18)7-5-12)16(22)14-9-19(3)17(23)15(14)21/h4-7,11,21H,8-10H2,1-3H3. The van der Waals surface area contributed by atoms with E-state index in [1.54, 1.807) is 12.1 Å². The van der Waals surface area contributed by atoms with Crippen molar-refractivity contribution < 1.29 is 23.9 Å². The number of hydrogen-bond acceptors (Lipinski definition) is 4. The summed E-state index contributed by atoms with van der Waals surface area (Å²) < 4.78 is 13.0. The summed E-state index contributed by atoms with van der Waals surface area (Å²) in [6, 6.07) is 5.69. The van der Waals surface area contributed by atoms with Gasteiger partial charge in [0, 0.05) is 7.05 Å². The number of carbonyl (C=O) groups excluding carboxylic acids is 2. The van der Waals surface area contributed by atoms with Gasteiger partial charge in [0.05, 0.1) is 25.3 Å². The summed E-state index contributed by atoms with van der Waals surface area (Å²) in [6.07, 6.45) is 0. The fourth-order valence-electron chi connectivity index (χ4n) is 2.18. The van der Waals surface area contributed by atoms with E-state index in [0.29, 0.717) is 12.2 Å². The summed E-state index contributed by atoms with van der Waals surface area (Å²) >= 11 is 0. The molecular formula is C17H21FN2O4. The molecule has 0 bridgehead atoms. The van der Waals surface area contributed by atoms with E-state index in [2.05, 4.69) is 0 Å². The predicted octanol–water partition coefficient (Wildman–Crippen LogP) is 2.03. The Balaban J connectivity index is 2.20. The molecule has 0 spiro atoms. The SMILES string of the molecule is CC(C)CON(Cc1ccc(F)cc1)C(=O)C1=C(O)C(=O)N(C)C1. The van der Waals surface area contributed by atoms with Crippen LogP contribution in [0.3, 0.4) is 0 Å². The predicted molar refractivity (Wildman–Crippen MR) is 85.0 cm³/mol. The first-order valence-electron chi connectivity index (χ1n) is 7.66. The Morgan fingerprint density at radius 3 is 2.50 bits per heavy atom. The average molecular weight is 336 g/mol. The molecule has 1 aliphatic rings. The first kappa shape index (κ1) is 17.9. The van der Waals surface area contributed by atoms with E-state index in [-0.39, 0.29) is 30.4 Å². The zero-order chi connectivity index (χ0) is 17.9. The van der Waals surface area contributed by atoms with Gasteiger partial charge < -0.3 is 10.0 Å². The molecule has 2 amide bonds. The van der Waals surface area contributed by atoms with Crippen molar-refractivity contribution >= 4 is 11.8 Å². The van der Waals surface area contributed by atoms with Crippen LogP contribution in [-0.2, 0) is 21.0 Å². The summed E-state index contributed by atoms with van der Waals surface area (Å²) in [5.41, 5.74) is 0.666. The number of carbonyl (C=O) groups is 2. The second-order valence-electron chi connectivity index (χ2n) is 6.15. The molecule has 0 aliphatic carbocycles. The van der Waals surface area contributed by atoms with Crippen LogP contribution < -0.4 is 0 Å². The minimum absolute atomic E-state index is 0.00614. The molecule has 0 fully saturated rings. The number of aliphatic hydroxyl groups is 1. The number of hydroxylamine groups is 2. The van der Waals surface area contributed by atoms with Crippen LogP contribution >= 0.6 is 0 Å². The lowest BCUT2D eigenvalue weighted by atomic mass is 10.2. The van der Waals surface area contributed by atoms with Crippen LogP contribution in [0.2, 0.25) is 0 Å². The molecule has 6 nitrogen and oxygen atoms in total. The van der Waals surface area contributed by atoms with E-state index in [9.17, 15) is 19.1 Å². The molecule has 0 unspecified atom stereocenters. The maximum Gasteiger partial charge on any atom is 0.289 e. The minimum atomic E-state index is -0.594. The molecular weight excluding hydrogens is 315 g/mol. The Labute approximate surface area is 140 Å². The van der Waals surface area contributed by atoms with Gasteiger partial charge in [-0.1, -0.05) is 26.0 Å². The first-order valence-corrected chi connectivity index (χ1v) is 7.66. The number of aliphatic hydroxyl groups excluding tert-OH is 1. The number of halogens is 1. The highest BCUT2D eigenvalue weighted by molar-refractivity contribution is 6.06. The highest BCUT2D eigenvalue weighted by atomic mass is 19.1. The van der Waals surface area contributed by atoms with Crippen molar-refractivity contribution in [1.29, 1.82) is 0 Å². The van der Waals surface area contributed by atoms with Crippen molar-refractivity contribution in [3.63, 3.8) is 0 Å². The van der Waals surface area contributed by atoms with E-state index >= 15 is 0 Å². The van der Waals surface area contributed by atoms with Crippen LogP contribution in [0.5, 0.6) is 0 Å². The van der Waals surface area contributed by atoms with Crippen molar-refractivity contribution in [3.05, 3.63) is 47.0 Å². The van der Waals surface area contributed by atoms with Crippen LogP contribution in [0.1, 0.15) is 19.4 Å². The number of amides is 2. The normalized spacial score (nSPS) is 14.7. The van der Waals surface area contributed by atoms with Crippen molar-refractivity contribution in [3.8, 4) is 0 Å². The molecule has 1 aromatic rings. The van der Waals surface area contributed by atoms with Gasteiger partial charge >= 0.3 is 0 Å². The van der Waals surface area contributed by atoms with E-state index in [1.807, 2.05) is 13.8 Å². The third-order valence-electron chi connectivity index (χ3n) is 3.52. The fourth-order valence-corrected chi connectivity index (χ4v) is 2.18. The molecule has 1 aliphatic heterocycles. The molecule has 0 radical (unpaired) electrons. The average Bonchev–Trinajstić information content (AvgIpc) is 2.80. The smallest absolute Gasteiger partial charge is 0.289 e. The molecule has 2 rings (SSSR count). The Hall–Kier alpha value is -2.41. The maximum atomic E-state index is 13.0. The van der Waals surface area contributed by atoms with Gasteiger partial charge in [-0.25, -0.2) is 9.45 Å². The van der Waals surface area contributed by atoms with E-state index < -0.39 is 17.6 Å². The first-order chi connectivity index (χ1) is 11.3. The van der Waals surface area contributed by atoms with Crippen molar-refractivity contribution in [1.82, 2.24) is 9.96 Å². The van der Waals surface area contributed by atoms with Gasteiger partial charge in [0.25, 0.3) is 11.8 Å². The Bertz CT molecular complexity index is 655. The minimum Gasteiger partial charge on any atom is -0.503 e. The number of rotatable bonds is 6. The van der Waals surface area contributed by atoms with Crippen LogP contribution in [0, 0.1) is 11.7 Å². The molecule has 0 saturated carbocycles. The molecule has 130 valence electrons.